The van der Waals surface area contributed by atoms with Crippen molar-refractivity contribution >= 4 is 0 Å². The van der Waals surface area contributed by atoms with Crippen LogP contribution in [0, 0.1) is 19.3 Å². The van der Waals surface area contributed by atoms with Gasteiger partial charge >= 0.3 is 0 Å². The van der Waals surface area contributed by atoms with Gasteiger partial charge in [0, 0.05) is 31.5 Å². The summed E-state index contributed by atoms with van der Waals surface area (Å²) in [6.45, 7) is 13.1. The molecule has 1 rings (SSSR count). The Morgan fingerprint density at radius 1 is 1.27 bits per heavy atom. The van der Waals surface area contributed by atoms with Crippen molar-refractivity contribution in [3.05, 3.63) is 23.0 Å². The zero-order valence-corrected chi connectivity index (χ0v) is 10.9. The van der Waals surface area contributed by atoms with E-state index in [1.54, 1.807) is 0 Å². The van der Waals surface area contributed by atoms with Gasteiger partial charge < -0.3 is 9.88 Å². The highest BCUT2D eigenvalue weighted by Gasteiger charge is 2.10. The van der Waals surface area contributed by atoms with Crippen LogP contribution in [0.15, 0.2) is 6.07 Å². The smallest absolute Gasteiger partial charge is 0.0223 e. The molecule has 1 aromatic rings. The van der Waals surface area contributed by atoms with Gasteiger partial charge in [-0.2, -0.15) is 0 Å². The molecule has 0 saturated carbocycles. The third-order valence-electron chi connectivity index (χ3n) is 2.85. The predicted octanol–water partition coefficient (Wildman–Crippen LogP) is 2.78. The van der Waals surface area contributed by atoms with Crippen LogP contribution in [0.4, 0.5) is 0 Å². The Bertz CT molecular complexity index is 329. The van der Waals surface area contributed by atoms with E-state index in [1.165, 1.54) is 17.0 Å². The molecule has 0 aliphatic heterocycles. The molecule has 1 N–H and O–H groups in total. The highest BCUT2D eigenvalue weighted by molar-refractivity contribution is 5.26. The van der Waals surface area contributed by atoms with Crippen molar-refractivity contribution < 1.29 is 0 Å². The molecule has 2 heteroatoms. The lowest BCUT2D eigenvalue weighted by molar-refractivity contribution is 0.379. The van der Waals surface area contributed by atoms with Crippen molar-refractivity contribution in [3.8, 4) is 0 Å². The van der Waals surface area contributed by atoms with E-state index >= 15 is 0 Å². The molecule has 1 aromatic heterocycles. The van der Waals surface area contributed by atoms with Crippen LogP contribution in [-0.2, 0) is 13.6 Å². The molecule has 0 saturated heterocycles. The average Bonchev–Trinajstić information content (AvgIpc) is 2.32. The van der Waals surface area contributed by atoms with Gasteiger partial charge in [-0.05, 0) is 30.9 Å². The van der Waals surface area contributed by atoms with Gasteiger partial charge in [0.2, 0.25) is 0 Å². The Morgan fingerprint density at radius 3 is 2.27 bits per heavy atom. The second-order valence-electron chi connectivity index (χ2n) is 5.62. The van der Waals surface area contributed by atoms with Crippen LogP contribution in [0.3, 0.4) is 0 Å². The summed E-state index contributed by atoms with van der Waals surface area (Å²) in [5.41, 5.74) is 4.48. The maximum Gasteiger partial charge on any atom is 0.0223 e. The van der Waals surface area contributed by atoms with Crippen molar-refractivity contribution in [1.82, 2.24) is 9.88 Å². The summed E-state index contributed by atoms with van der Waals surface area (Å²) < 4.78 is 2.24. The summed E-state index contributed by atoms with van der Waals surface area (Å²) in [4.78, 5) is 0. The molecule has 0 atom stereocenters. The minimum absolute atomic E-state index is 0.359. The molecule has 0 amide bonds. The van der Waals surface area contributed by atoms with Crippen molar-refractivity contribution in [1.29, 1.82) is 0 Å². The van der Waals surface area contributed by atoms with Crippen molar-refractivity contribution in [2.75, 3.05) is 6.54 Å². The van der Waals surface area contributed by atoms with Gasteiger partial charge in [-0.1, -0.05) is 20.8 Å². The number of aryl methyl sites for hydroxylation is 1. The molecule has 1 heterocycles. The summed E-state index contributed by atoms with van der Waals surface area (Å²) in [6, 6.07) is 2.27. The third-order valence-corrected chi connectivity index (χ3v) is 2.85. The summed E-state index contributed by atoms with van der Waals surface area (Å²) in [5.74, 6) is 0. The molecular weight excluding hydrogens is 184 g/mol. The van der Waals surface area contributed by atoms with Gasteiger partial charge in [0.1, 0.15) is 0 Å². The second kappa shape index (κ2) is 4.40. The van der Waals surface area contributed by atoms with Crippen LogP contribution in [-0.4, -0.2) is 11.1 Å². The molecule has 0 fully saturated rings. The first-order valence-electron chi connectivity index (χ1n) is 5.64. The van der Waals surface area contributed by atoms with Crippen LogP contribution in [0.25, 0.3) is 0 Å². The van der Waals surface area contributed by atoms with Crippen molar-refractivity contribution in [2.24, 2.45) is 12.5 Å². The van der Waals surface area contributed by atoms with E-state index in [-0.39, 0.29) is 0 Å². The molecule has 0 spiro atoms. The zero-order valence-electron chi connectivity index (χ0n) is 10.9. The second-order valence-corrected chi connectivity index (χ2v) is 5.62. The monoisotopic (exact) mass is 208 g/mol. The standard InChI is InChI=1S/C13H24N2/c1-10-7-12(11(2)15(10)6)8-14-9-13(3,4)5/h7,14H,8-9H2,1-6H3. The molecule has 0 radical (unpaired) electrons. The van der Waals surface area contributed by atoms with Gasteiger partial charge in [-0.25, -0.2) is 0 Å². The minimum atomic E-state index is 0.359. The Balaban J connectivity index is 2.55. The van der Waals surface area contributed by atoms with Crippen LogP contribution in [0.2, 0.25) is 0 Å². The highest BCUT2D eigenvalue weighted by atomic mass is 15.0. The van der Waals surface area contributed by atoms with Gasteiger partial charge in [-0.3, -0.25) is 0 Å². The third kappa shape index (κ3) is 3.38. The van der Waals surface area contributed by atoms with Crippen LogP contribution >= 0.6 is 0 Å². The van der Waals surface area contributed by atoms with E-state index in [9.17, 15) is 0 Å². The van der Waals surface area contributed by atoms with Gasteiger partial charge in [0.05, 0.1) is 0 Å². The molecule has 0 aliphatic rings. The summed E-state index contributed by atoms with van der Waals surface area (Å²) in [5, 5.41) is 3.51. The highest BCUT2D eigenvalue weighted by Crippen LogP contribution is 2.14. The van der Waals surface area contributed by atoms with E-state index in [0.717, 1.165) is 13.1 Å². The lowest BCUT2D eigenvalue weighted by atomic mass is 9.97. The lowest BCUT2D eigenvalue weighted by Crippen LogP contribution is -2.26. The Kier molecular flexibility index (Phi) is 3.61. The molecule has 0 unspecified atom stereocenters. The molecule has 15 heavy (non-hydrogen) atoms. The van der Waals surface area contributed by atoms with Crippen molar-refractivity contribution in [3.63, 3.8) is 0 Å². The number of aromatic nitrogens is 1. The molecule has 0 aliphatic carbocycles. The molecule has 0 bridgehead atoms. The Hall–Kier alpha value is -0.760. The molecule has 2 nitrogen and oxygen atoms in total. The summed E-state index contributed by atoms with van der Waals surface area (Å²) in [7, 11) is 2.12. The van der Waals surface area contributed by atoms with Crippen LogP contribution in [0.5, 0.6) is 0 Å². The van der Waals surface area contributed by atoms with E-state index in [2.05, 4.69) is 57.6 Å². The average molecular weight is 208 g/mol. The van der Waals surface area contributed by atoms with E-state index in [1.807, 2.05) is 0 Å². The maximum atomic E-state index is 3.51. The minimum Gasteiger partial charge on any atom is -0.352 e. The van der Waals surface area contributed by atoms with Crippen LogP contribution in [0.1, 0.15) is 37.7 Å². The Morgan fingerprint density at radius 2 is 1.87 bits per heavy atom. The normalized spacial score (nSPS) is 12.1. The van der Waals surface area contributed by atoms with Gasteiger partial charge in [0.15, 0.2) is 0 Å². The first-order valence-corrected chi connectivity index (χ1v) is 5.64. The summed E-state index contributed by atoms with van der Waals surface area (Å²) >= 11 is 0. The first kappa shape index (κ1) is 12.3. The molecule has 0 aromatic carbocycles. The SMILES string of the molecule is Cc1cc(CNCC(C)(C)C)c(C)n1C. The number of nitrogens with zero attached hydrogens (tertiary/aromatic N) is 1. The Labute approximate surface area is 93.7 Å². The maximum absolute atomic E-state index is 3.51. The summed E-state index contributed by atoms with van der Waals surface area (Å²) in [6.07, 6.45) is 0. The fraction of sp³-hybridized carbons (Fsp3) is 0.692. The fourth-order valence-corrected chi connectivity index (χ4v) is 1.68. The van der Waals surface area contributed by atoms with Gasteiger partial charge in [0.25, 0.3) is 0 Å². The van der Waals surface area contributed by atoms with Crippen LogP contribution < -0.4 is 5.32 Å². The number of hydrogen-bond acceptors (Lipinski definition) is 1. The zero-order chi connectivity index (χ0) is 11.6. The molecule has 86 valence electrons. The van der Waals surface area contributed by atoms with Gasteiger partial charge in [-0.15, -0.1) is 0 Å². The quantitative estimate of drug-likeness (QED) is 0.808. The number of nitrogens with one attached hydrogen (secondary N) is 1. The first-order chi connectivity index (χ1) is 6.81. The van der Waals surface area contributed by atoms with E-state index in [4.69, 9.17) is 0 Å². The van der Waals surface area contributed by atoms with E-state index in [0.29, 0.717) is 5.41 Å². The predicted molar refractivity (Wildman–Crippen MR) is 66.0 cm³/mol. The largest absolute Gasteiger partial charge is 0.352 e. The fourth-order valence-electron chi connectivity index (χ4n) is 1.68. The van der Waals surface area contributed by atoms with E-state index < -0.39 is 0 Å². The molecular formula is C13H24N2. The topological polar surface area (TPSA) is 17.0 Å². The number of hydrogen-bond donors (Lipinski definition) is 1. The van der Waals surface area contributed by atoms with Crippen molar-refractivity contribution in [2.45, 2.75) is 41.2 Å². The number of rotatable bonds is 3. The lowest BCUT2D eigenvalue weighted by Gasteiger charge is -2.18.